The number of thiophene rings is 1. The van der Waals surface area contributed by atoms with Crippen LogP contribution < -0.4 is 5.32 Å². The van der Waals surface area contributed by atoms with E-state index in [0.29, 0.717) is 5.02 Å². The molecule has 5 heteroatoms. The smallest absolute Gasteiger partial charge is 0.258 e. The normalized spacial score (nSPS) is 14.4. The van der Waals surface area contributed by atoms with Gasteiger partial charge in [0, 0.05) is 21.3 Å². The van der Waals surface area contributed by atoms with Crippen LogP contribution in [0.15, 0.2) is 24.3 Å². The van der Waals surface area contributed by atoms with Crippen LogP contribution in [-0.4, -0.2) is 10.9 Å². The zero-order chi connectivity index (χ0) is 16.7. The maximum atomic E-state index is 12.8. The molecule has 0 unspecified atom stereocenters. The molecule has 3 aromatic rings. The summed E-state index contributed by atoms with van der Waals surface area (Å²) in [6, 6.07) is 7.26. The highest BCUT2D eigenvalue weighted by Crippen LogP contribution is 2.37. The highest BCUT2D eigenvalue weighted by Gasteiger charge is 2.23. The summed E-state index contributed by atoms with van der Waals surface area (Å²) < 4.78 is 1.26. The van der Waals surface area contributed by atoms with E-state index in [1.54, 1.807) is 23.5 Å². The Bertz CT molecular complexity index is 925. The molecule has 3 nitrogen and oxygen atoms in total. The van der Waals surface area contributed by atoms with Gasteiger partial charge in [0.2, 0.25) is 0 Å². The van der Waals surface area contributed by atoms with Gasteiger partial charge >= 0.3 is 0 Å². The molecule has 2 aromatic heterocycles. The number of carbonyl (C=O) groups excluding carboxylic acids is 1. The maximum Gasteiger partial charge on any atom is 0.258 e. The minimum atomic E-state index is -0.0718. The lowest BCUT2D eigenvalue weighted by atomic mass is 10.1. The Hall–Kier alpha value is -1.78. The van der Waals surface area contributed by atoms with Crippen LogP contribution in [0, 0.1) is 6.92 Å². The van der Waals surface area contributed by atoms with Gasteiger partial charge in [0.25, 0.3) is 5.91 Å². The first-order chi connectivity index (χ1) is 11.6. The van der Waals surface area contributed by atoms with Crippen LogP contribution in [0.25, 0.3) is 10.2 Å². The van der Waals surface area contributed by atoms with Crippen LogP contribution in [0.5, 0.6) is 0 Å². The Morgan fingerprint density at radius 1 is 1.25 bits per heavy atom. The number of fused-ring (bicyclic) bond motifs is 3. The van der Waals surface area contributed by atoms with Crippen molar-refractivity contribution in [3.63, 3.8) is 0 Å². The Morgan fingerprint density at radius 2 is 2.08 bits per heavy atom. The number of halogens is 1. The first-order valence-electron chi connectivity index (χ1n) is 8.33. The number of nitrogens with one attached hydrogen (secondary N) is 2. The van der Waals surface area contributed by atoms with Crippen LogP contribution in [0.2, 0.25) is 5.02 Å². The number of anilines is 1. The number of aromatic amines is 1. The number of H-pyrrole nitrogens is 1. The second-order valence-corrected chi connectivity index (χ2v) is 8.01. The number of rotatable bonds is 2. The molecule has 0 spiro atoms. The molecule has 1 aliphatic carbocycles. The monoisotopic (exact) mass is 358 g/mol. The molecule has 1 amide bonds. The lowest BCUT2D eigenvalue weighted by Crippen LogP contribution is -2.12. The summed E-state index contributed by atoms with van der Waals surface area (Å²) >= 11 is 7.74. The van der Waals surface area contributed by atoms with Gasteiger partial charge in [-0.05, 0) is 56.4 Å². The molecule has 1 aliphatic rings. The highest BCUT2D eigenvalue weighted by atomic mass is 35.5. The molecule has 0 atom stereocenters. The third-order valence-electron chi connectivity index (χ3n) is 4.66. The van der Waals surface area contributed by atoms with Crippen LogP contribution >= 0.6 is 22.9 Å². The number of benzene rings is 1. The predicted molar refractivity (Wildman–Crippen MR) is 102 cm³/mol. The van der Waals surface area contributed by atoms with E-state index in [1.165, 1.54) is 35.2 Å². The van der Waals surface area contributed by atoms with Gasteiger partial charge in [0.15, 0.2) is 0 Å². The van der Waals surface area contributed by atoms with Crippen LogP contribution in [0.3, 0.4) is 0 Å². The second kappa shape index (κ2) is 6.26. The molecule has 0 saturated carbocycles. The van der Waals surface area contributed by atoms with Gasteiger partial charge in [-0.25, -0.2) is 0 Å². The molecule has 2 heterocycles. The molecule has 0 radical (unpaired) electrons. The van der Waals surface area contributed by atoms with E-state index in [4.69, 9.17) is 11.6 Å². The lowest BCUT2D eigenvalue weighted by molar-refractivity contribution is 0.102. The summed E-state index contributed by atoms with van der Waals surface area (Å²) in [5.41, 5.74) is 5.24. The van der Waals surface area contributed by atoms with Crippen molar-refractivity contribution >= 4 is 44.7 Å². The van der Waals surface area contributed by atoms with Gasteiger partial charge in [-0.1, -0.05) is 24.1 Å². The topological polar surface area (TPSA) is 44.9 Å². The van der Waals surface area contributed by atoms with Crippen molar-refractivity contribution in [3.8, 4) is 0 Å². The molecule has 0 aliphatic heterocycles. The Morgan fingerprint density at radius 3 is 2.92 bits per heavy atom. The lowest BCUT2D eigenvalue weighted by Gasteiger charge is -2.05. The van der Waals surface area contributed by atoms with Crippen molar-refractivity contribution in [1.29, 1.82) is 0 Å². The molecule has 1 aromatic carbocycles. The summed E-state index contributed by atoms with van der Waals surface area (Å²) in [5, 5.41) is 3.59. The first kappa shape index (κ1) is 15.7. The van der Waals surface area contributed by atoms with Crippen LogP contribution in [-0.2, 0) is 12.8 Å². The van der Waals surface area contributed by atoms with E-state index in [9.17, 15) is 4.79 Å². The Kier molecular flexibility index (Phi) is 4.10. The van der Waals surface area contributed by atoms with Gasteiger partial charge < -0.3 is 10.3 Å². The summed E-state index contributed by atoms with van der Waals surface area (Å²) in [5.74, 6) is -0.0718. The summed E-state index contributed by atoms with van der Waals surface area (Å²) in [4.78, 5) is 17.4. The molecule has 0 fully saturated rings. The zero-order valence-electron chi connectivity index (χ0n) is 13.5. The second-order valence-electron chi connectivity index (χ2n) is 6.34. The number of hydrogen-bond donors (Lipinski definition) is 2. The van der Waals surface area contributed by atoms with Gasteiger partial charge in [0.05, 0.1) is 15.8 Å². The number of amides is 1. The van der Waals surface area contributed by atoms with Crippen molar-refractivity contribution < 1.29 is 4.79 Å². The predicted octanol–water partition coefficient (Wildman–Crippen LogP) is 5.71. The Labute approximate surface area is 150 Å². The highest BCUT2D eigenvalue weighted by molar-refractivity contribution is 7.19. The van der Waals surface area contributed by atoms with Crippen molar-refractivity contribution in [2.24, 2.45) is 0 Å². The molecule has 0 bridgehead atoms. The molecular formula is C19H19ClN2OS. The third kappa shape index (κ3) is 2.74. The Balaban J connectivity index is 1.73. The number of carbonyl (C=O) groups is 1. The van der Waals surface area contributed by atoms with E-state index in [1.807, 2.05) is 19.1 Å². The van der Waals surface area contributed by atoms with E-state index in [-0.39, 0.29) is 5.91 Å². The number of hydrogen-bond acceptors (Lipinski definition) is 2. The average molecular weight is 359 g/mol. The third-order valence-corrected chi connectivity index (χ3v) is 6.06. The van der Waals surface area contributed by atoms with Gasteiger partial charge in [-0.2, -0.15) is 0 Å². The van der Waals surface area contributed by atoms with Crippen LogP contribution in [0.4, 0.5) is 5.69 Å². The minimum Gasteiger partial charge on any atom is -0.357 e. The standard InChI is InChI=1S/C19H19ClN2OS/c1-11-16(19(23)21-13-7-5-6-12(20)10-13)17-18(24-11)14-8-3-2-4-9-15(14)22-17/h5-7,10,22H,2-4,8-9H2,1H3,(H,21,23). The largest absolute Gasteiger partial charge is 0.357 e. The van der Waals surface area contributed by atoms with Crippen molar-refractivity contribution in [1.82, 2.24) is 4.98 Å². The van der Waals surface area contributed by atoms with E-state index in [2.05, 4.69) is 10.3 Å². The van der Waals surface area contributed by atoms with Gasteiger partial charge in [-0.3, -0.25) is 4.79 Å². The van der Waals surface area contributed by atoms with Crippen molar-refractivity contribution in [2.75, 3.05) is 5.32 Å². The fourth-order valence-electron chi connectivity index (χ4n) is 3.53. The minimum absolute atomic E-state index is 0.0718. The van der Waals surface area contributed by atoms with E-state index < -0.39 is 0 Å². The quantitative estimate of drug-likeness (QED) is 0.566. The molecule has 24 heavy (non-hydrogen) atoms. The van der Waals surface area contributed by atoms with E-state index in [0.717, 1.165) is 34.5 Å². The van der Waals surface area contributed by atoms with Crippen molar-refractivity contribution in [3.05, 3.63) is 51.0 Å². The molecular weight excluding hydrogens is 340 g/mol. The maximum absolute atomic E-state index is 12.8. The molecule has 124 valence electrons. The summed E-state index contributed by atoms with van der Waals surface area (Å²) in [6.07, 6.45) is 5.96. The fraction of sp³-hybridized carbons (Fsp3) is 0.316. The SMILES string of the molecule is Cc1sc2c3c([nH]c2c1C(=O)Nc1cccc(Cl)c1)CCCCC3. The summed E-state index contributed by atoms with van der Waals surface area (Å²) in [6.45, 7) is 2.02. The first-order valence-corrected chi connectivity index (χ1v) is 9.52. The number of aromatic nitrogens is 1. The molecule has 4 rings (SSSR count). The summed E-state index contributed by atoms with van der Waals surface area (Å²) in [7, 11) is 0. The van der Waals surface area contributed by atoms with E-state index >= 15 is 0 Å². The van der Waals surface area contributed by atoms with Crippen LogP contribution in [0.1, 0.15) is 45.8 Å². The molecule has 2 N–H and O–H groups in total. The molecule has 0 saturated heterocycles. The zero-order valence-corrected chi connectivity index (χ0v) is 15.1. The number of aryl methyl sites for hydroxylation is 3. The van der Waals surface area contributed by atoms with Gasteiger partial charge in [0.1, 0.15) is 0 Å². The average Bonchev–Trinajstić information content (AvgIpc) is 2.91. The fourth-order valence-corrected chi connectivity index (χ4v) is 4.93. The van der Waals surface area contributed by atoms with Crippen molar-refractivity contribution in [2.45, 2.75) is 39.0 Å². The van der Waals surface area contributed by atoms with Gasteiger partial charge in [-0.15, -0.1) is 11.3 Å².